The smallest absolute Gasteiger partial charge is 0.347 e. The van der Waals surface area contributed by atoms with Crippen molar-refractivity contribution in [2.45, 2.75) is 58.7 Å². The zero-order valence-corrected chi connectivity index (χ0v) is 32.2. The van der Waals surface area contributed by atoms with Crippen molar-refractivity contribution in [3.63, 3.8) is 0 Å². The van der Waals surface area contributed by atoms with Crippen LogP contribution in [0.4, 0.5) is 10.1 Å². The summed E-state index contributed by atoms with van der Waals surface area (Å²) < 4.78 is 30.2. The number of carbonyl (C=O) groups is 2. The van der Waals surface area contributed by atoms with Gasteiger partial charge in [0.15, 0.2) is 11.5 Å². The number of rotatable bonds is 7. The molecule has 4 unspecified atom stereocenters. The summed E-state index contributed by atoms with van der Waals surface area (Å²) >= 11 is 6.11. The van der Waals surface area contributed by atoms with Crippen molar-refractivity contribution >= 4 is 40.1 Å². The molecule has 4 atom stereocenters. The van der Waals surface area contributed by atoms with Crippen LogP contribution in [0.5, 0.6) is 17.2 Å². The molecule has 1 N–H and O–H groups in total. The standard InChI is InChI=1S/C40H38ClFN6O8/c1-19-13-21(14-20(2)34(19)49)33-23-9-12-46-38(53)45(11-10-27-36(51)44(4)30-18-32(56-6)31(55-5)17-28(30)43-27)39(54)48(46)29(23)16-24-35(50)47(37(52)40(24,33)3)22-7-8-26(42)25(41)15-22/h7-9,13-15,17-18,24,29,33,49H,10-12,16H2,1-6H3. The largest absolute Gasteiger partial charge is 0.507 e. The number of benzene rings is 3. The van der Waals surface area contributed by atoms with E-state index in [4.69, 9.17) is 21.1 Å². The molecule has 56 heavy (non-hydrogen) atoms. The second-order valence-corrected chi connectivity index (χ2v) is 15.2. The molecular weight excluding hydrogens is 747 g/mol. The molecule has 5 aromatic rings. The molecule has 290 valence electrons. The van der Waals surface area contributed by atoms with E-state index in [1.165, 1.54) is 40.3 Å². The van der Waals surface area contributed by atoms with E-state index in [2.05, 4.69) is 4.98 Å². The minimum Gasteiger partial charge on any atom is -0.507 e. The number of amides is 2. The monoisotopic (exact) mass is 784 g/mol. The van der Waals surface area contributed by atoms with Crippen LogP contribution in [0.15, 0.2) is 68.5 Å². The van der Waals surface area contributed by atoms with Crippen LogP contribution in [-0.4, -0.2) is 54.6 Å². The second kappa shape index (κ2) is 13.1. The molecule has 2 aliphatic heterocycles. The molecule has 8 rings (SSSR count). The van der Waals surface area contributed by atoms with E-state index < -0.39 is 57.9 Å². The van der Waals surface area contributed by atoms with E-state index >= 15 is 0 Å². The molecule has 0 radical (unpaired) electrons. The number of nitrogens with zero attached hydrogens (tertiary/aromatic N) is 6. The molecule has 3 aliphatic rings. The highest BCUT2D eigenvalue weighted by molar-refractivity contribution is 6.31. The third kappa shape index (κ3) is 5.20. The van der Waals surface area contributed by atoms with E-state index in [9.17, 15) is 33.5 Å². The van der Waals surface area contributed by atoms with Crippen LogP contribution in [0.3, 0.4) is 0 Å². The number of halogens is 2. The molecule has 16 heteroatoms. The van der Waals surface area contributed by atoms with Crippen molar-refractivity contribution < 1.29 is 28.6 Å². The number of allylic oxidation sites excluding steroid dienone is 2. The first kappa shape index (κ1) is 37.0. The van der Waals surface area contributed by atoms with E-state index in [1.807, 2.05) is 6.08 Å². The Hall–Kier alpha value is -5.96. The number of carbonyl (C=O) groups excluding carboxylic acids is 2. The fourth-order valence-electron chi connectivity index (χ4n) is 9.01. The maximum Gasteiger partial charge on any atom is 0.347 e. The SMILES string of the molecule is COc1cc2nc(CCn3c(=O)n4n(c3=O)C3CC5C(=O)N(c6ccc(F)c(Cl)c6)C(=O)C5(C)C(c5cc(C)c(O)c(C)c5)C3=CC4)c(=O)n(C)c2cc1OC. The number of hydrogen-bond acceptors (Lipinski definition) is 9. The lowest BCUT2D eigenvalue weighted by Crippen LogP contribution is -2.49. The van der Waals surface area contributed by atoms with E-state index in [1.54, 1.807) is 52.1 Å². The molecule has 2 fully saturated rings. The molecule has 2 aromatic heterocycles. The molecule has 0 bridgehead atoms. The molecule has 1 aliphatic carbocycles. The average molecular weight is 785 g/mol. The number of ether oxygens (including phenoxy) is 2. The van der Waals surface area contributed by atoms with E-state index in [-0.39, 0.29) is 48.1 Å². The molecule has 2 amide bonds. The fourth-order valence-corrected chi connectivity index (χ4v) is 9.19. The van der Waals surface area contributed by atoms with Crippen LogP contribution in [0.1, 0.15) is 47.7 Å². The summed E-state index contributed by atoms with van der Waals surface area (Å²) in [6, 6.07) is 9.66. The van der Waals surface area contributed by atoms with Gasteiger partial charge in [-0.1, -0.05) is 29.8 Å². The summed E-state index contributed by atoms with van der Waals surface area (Å²) in [5, 5.41) is 10.4. The van der Waals surface area contributed by atoms with Crippen molar-refractivity contribution in [2.24, 2.45) is 18.4 Å². The second-order valence-electron chi connectivity index (χ2n) is 14.8. The summed E-state index contributed by atoms with van der Waals surface area (Å²) in [4.78, 5) is 76.5. The molecule has 14 nitrogen and oxygen atoms in total. The number of methoxy groups -OCH3 is 2. The third-order valence-corrected chi connectivity index (χ3v) is 12.1. The Morgan fingerprint density at radius 3 is 2.32 bits per heavy atom. The van der Waals surface area contributed by atoms with Crippen molar-refractivity contribution in [1.29, 1.82) is 0 Å². The Kier molecular flexibility index (Phi) is 8.64. The van der Waals surface area contributed by atoms with Gasteiger partial charge in [0.2, 0.25) is 11.8 Å². The summed E-state index contributed by atoms with van der Waals surface area (Å²) in [6.45, 7) is 5.04. The van der Waals surface area contributed by atoms with Gasteiger partial charge in [-0.2, -0.15) is 0 Å². The maximum atomic E-state index is 14.7. The fraction of sp³-hybridized carbons (Fsp3) is 0.350. The minimum atomic E-state index is -1.38. The van der Waals surface area contributed by atoms with Crippen LogP contribution in [0.25, 0.3) is 11.0 Å². The van der Waals surface area contributed by atoms with Crippen molar-refractivity contribution in [3.05, 3.63) is 119 Å². The van der Waals surface area contributed by atoms with Crippen molar-refractivity contribution in [2.75, 3.05) is 19.1 Å². The Balaban J connectivity index is 1.22. The number of phenols is 1. The van der Waals surface area contributed by atoms with Gasteiger partial charge in [0.1, 0.15) is 17.3 Å². The van der Waals surface area contributed by atoms with E-state index in [0.29, 0.717) is 44.8 Å². The van der Waals surface area contributed by atoms with Crippen LogP contribution < -0.4 is 31.3 Å². The lowest BCUT2D eigenvalue weighted by Gasteiger charge is -2.47. The summed E-state index contributed by atoms with van der Waals surface area (Å²) in [5.74, 6) is -2.57. The first-order valence-corrected chi connectivity index (χ1v) is 18.4. The van der Waals surface area contributed by atoms with Gasteiger partial charge in [0.05, 0.1) is 59.9 Å². The van der Waals surface area contributed by atoms with Gasteiger partial charge < -0.3 is 19.1 Å². The molecule has 1 saturated heterocycles. The lowest BCUT2D eigenvalue weighted by molar-refractivity contribution is -0.129. The number of fused-ring (bicyclic) bond motifs is 5. The third-order valence-electron chi connectivity index (χ3n) is 11.8. The zero-order valence-electron chi connectivity index (χ0n) is 31.4. The number of imide groups is 1. The first-order chi connectivity index (χ1) is 26.6. The van der Waals surface area contributed by atoms with Crippen LogP contribution in [0, 0.1) is 31.0 Å². The normalized spacial score (nSPS) is 21.5. The maximum absolute atomic E-state index is 14.7. The summed E-state index contributed by atoms with van der Waals surface area (Å²) in [7, 11) is 4.57. The van der Waals surface area contributed by atoms with Gasteiger partial charge in [0.25, 0.3) is 5.56 Å². The predicted molar refractivity (Wildman–Crippen MR) is 204 cm³/mol. The lowest BCUT2D eigenvalue weighted by atomic mass is 9.56. The number of aryl methyl sites for hydroxylation is 4. The number of aromatic nitrogens is 5. The van der Waals surface area contributed by atoms with Gasteiger partial charge in [-0.05, 0) is 67.7 Å². The van der Waals surface area contributed by atoms with Gasteiger partial charge in [-0.3, -0.25) is 14.4 Å². The van der Waals surface area contributed by atoms with Crippen LogP contribution in [0.2, 0.25) is 5.02 Å². The van der Waals surface area contributed by atoms with Crippen molar-refractivity contribution in [3.8, 4) is 17.2 Å². The first-order valence-electron chi connectivity index (χ1n) is 18.0. The Morgan fingerprint density at radius 1 is 0.982 bits per heavy atom. The van der Waals surface area contributed by atoms with Crippen LogP contribution >= 0.6 is 11.6 Å². The molecule has 4 heterocycles. The van der Waals surface area contributed by atoms with Gasteiger partial charge in [-0.15, -0.1) is 0 Å². The van der Waals surface area contributed by atoms with Gasteiger partial charge >= 0.3 is 11.4 Å². The van der Waals surface area contributed by atoms with E-state index in [0.717, 1.165) is 15.5 Å². The summed E-state index contributed by atoms with van der Waals surface area (Å²) in [5.41, 5.74) is 0.613. The number of phenolic OH excluding ortho intramolecular Hbond substituents is 1. The topological polar surface area (TPSA) is 160 Å². The predicted octanol–water partition coefficient (Wildman–Crippen LogP) is 4.30. The highest BCUT2D eigenvalue weighted by Gasteiger charge is 2.65. The zero-order chi connectivity index (χ0) is 40.1. The van der Waals surface area contributed by atoms with Gasteiger partial charge in [-0.25, -0.2) is 37.8 Å². The van der Waals surface area contributed by atoms with Gasteiger partial charge in [0, 0.05) is 38.1 Å². The van der Waals surface area contributed by atoms with Crippen molar-refractivity contribution in [1.82, 2.24) is 23.5 Å². The number of hydrogen-bond donors (Lipinski definition) is 1. The molecule has 1 saturated carbocycles. The Bertz CT molecular complexity index is 2740. The Labute approximate surface area is 323 Å². The molecule has 3 aromatic carbocycles. The number of anilines is 1. The highest BCUT2D eigenvalue weighted by Crippen LogP contribution is 2.61. The molecular formula is C40H38ClFN6O8. The Morgan fingerprint density at radius 2 is 1.66 bits per heavy atom. The minimum absolute atomic E-state index is 0.00274. The average Bonchev–Trinajstić information content (AvgIpc) is 3.53. The highest BCUT2D eigenvalue weighted by atomic mass is 35.5. The summed E-state index contributed by atoms with van der Waals surface area (Å²) in [6.07, 6.45) is 1.79. The number of aromatic hydroxyl groups is 1. The van der Waals surface area contributed by atoms with Crippen LogP contribution in [-0.2, 0) is 36.1 Å². The quantitative estimate of drug-likeness (QED) is 0.188. The molecule has 0 spiro atoms.